The van der Waals surface area contributed by atoms with Gasteiger partial charge in [0.2, 0.25) is 5.95 Å². The number of rotatable bonds is 9. The number of ether oxygens (including phenoxy) is 2. The Bertz CT molecular complexity index is 1830. The fourth-order valence-corrected chi connectivity index (χ4v) is 7.38. The van der Waals surface area contributed by atoms with E-state index in [0.717, 1.165) is 0 Å². The molecule has 238 valence electrons. The highest BCUT2D eigenvalue weighted by atomic mass is 31.2. The molecule has 10 N–H and O–H groups in total. The summed E-state index contributed by atoms with van der Waals surface area (Å²) in [4.78, 5) is 47.0. The third kappa shape index (κ3) is 5.33. The van der Waals surface area contributed by atoms with E-state index in [1.165, 1.54) is 33.9 Å². The number of anilines is 2. The van der Waals surface area contributed by atoms with Crippen LogP contribution in [0.4, 0.5) is 11.8 Å². The van der Waals surface area contributed by atoms with E-state index in [9.17, 15) is 34.1 Å². The van der Waals surface area contributed by atoms with E-state index in [0.29, 0.717) is 11.0 Å². The predicted octanol–water partition coefficient (Wildman–Crippen LogP) is -1.82. The normalized spacial score (nSPS) is 31.1. The molecule has 0 amide bonds. The van der Waals surface area contributed by atoms with E-state index in [-0.39, 0.29) is 22.8 Å². The van der Waals surface area contributed by atoms with Crippen LogP contribution in [0.25, 0.3) is 22.1 Å². The van der Waals surface area contributed by atoms with Gasteiger partial charge in [-0.05, 0) is 12.1 Å². The van der Waals surface area contributed by atoms with Crippen LogP contribution in [0.15, 0.2) is 35.6 Å². The Kier molecular flexibility index (Phi) is 8.10. The van der Waals surface area contributed by atoms with E-state index >= 15 is 0 Å². The maximum atomic E-state index is 13.7. The Labute approximate surface area is 246 Å². The van der Waals surface area contributed by atoms with Crippen LogP contribution in [0.3, 0.4) is 0 Å². The number of nitrogens with one attached hydrogen (secondary N) is 1. The Morgan fingerprint density at radius 3 is 2.36 bits per heavy atom. The molecule has 2 aliphatic heterocycles. The molecular weight excluding hydrogens is 630 g/mol. The van der Waals surface area contributed by atoms with Gasteiger partial charge in [0.05, 0.1) is 24.0 Å². The molecular formula is C22H28N8O12P2. The van der Waals surface area contributed by atoms with Crippen molar-refractivity contribution in [3.05, 3.63) is 41.2 Å². The van der Waals surface area contributed by atoms with Crippen molar-refractivity contribution in [1.82, 2.24) is 29.1 Å². The molecule has 0 aliphatic carbocycles. The van der Waals surface area contributed by atoms with Crippen molar-refractivity contribution in [2.45, 2.75) is 48.6 Å². The molecule has 2 unspecified atom stereocenters. The fourth-order valence-electron chi connectivity index (χ4n) is 5.43. The third-order valence-electron chi connectivity index (χ3n) is 7.53. The Hall–Kier alpha value is -3.26. The van der Waals surface area contributed by atoms with Gasteiger partial charge < -0.3 is 64.2 Å². The van der Waals surface area contributed by atoms with Gasteiger partial charge in [-0.3, -0.25) is 18.9 Å². The molecule has 2 aliphatic rings. The molecule has 6 rings (SSSR count). The summed E-state index contributed by atoms with van der Waals surface area (Å²) in [6.45, 7) is -1.35. The second-order valence-corrected chi connectivity index (χ2v) is 13.0. The largest absolute Gasteiger partial charge is 0.389 e. The monoisotopic (exact) mass is 658 g/mol. The minimum atomic E-state index is -4.95. The van der Waals surface area contributed by atoms with E-state index in [2.05, 4.69) is 19.9 Å². The zero-order valence-corrected chi connectivity index (χ0v) is 24.2. The van der Waals surface area contributed by atoms with Crippen LogP contribution in [0.2, 0.25) is 0 Å². The number of nitrogens with zero attached hydrogens (tertiary/aromatic N) is 5. The standard InChI is InChI=1S/C22H28N8O12P2/c23-16-8-1-3-29(17(8)26-7-25-16)20-14(33)12(31)11(41-20)6-40-44(37,38)15-13(32)10(5-39-43(35)36)42-21(15)30-4-2-9-18(30)27-22(24)28-19(9)34/h1-4,7,10-15,20-21,31-33,43H,5-6H2,(H,35,36)(H,37,38)(H2,23,25,26)(H3,24,27,28,34)/t10-,11-,12-,13-,14-,15-,20-,21-/m1/s1. The molecule has 20 nitrogen and oxygen atoms in total. The van der Waals surface area contributed by atoms with E-state index in [1.807, 2.05) is 0 Å². The summed E-state index contributed by atoms with van der Waals surface area (Å²) in [5.41, 5.74) is 9.45. The molecule has 22 heteroatoms. The predicted molar refractivity (Wildman–Crippen MR) is 149 cm³/mol. The van der Waals surface area contributed by atoms with Crippen LogP contribution in [0.1, 0.15) is 12.5 Å². The van der Waals surface area contributed by atoms with Gasteiger partial charge in [-0.2, -0.15) is 4.98 Å². The average molecular weight is 658 g/mol. The smallest absolute Gasteiger partial charge is 0.338 e. The number of aliphatic hydroxyl groups excluding tert-OH is 3. The highest BCUT2D eigenvalue weighted by Crippen LogP contribution is 2.58. The lowest BCUT2D eigenvalue weighted by Crippen LogP contribution is -2.36. The lowest BCUT2D eigenvalue weighted by atomic mass is 10.1. The van der Waals surface area contributed by atoms with Crippen LogP contribution in [-0.2, 0) is 27.7 Å². The number of hydrogen-bond acceptors (Lipinski definition) is 15. The second-order valence-electron chi connectivity index (χ2n) is 10.2. The molecule has 44 heavy (non-hydrogen) atoms. The molecule has 0 bridgehead atoms. The van der Waals surface area contributed by atoms with Gasteiger partial charge in [-0.15, -0.1) is 0 Å². The first-order valence-corrected chi connectivity index (χ1v) is 15.9. The first kappa shape index (κ1) is 30.8. The first-order valence-electron chi connectivity index (χ1n) is 13.0. The van der Waals surface area contributed by atoms with Crippen LogP contribution in [0, 0.1) is 0 Å². The van der Waals surface area contributed by atoms with Gasteiger partial charge in [0.15, 0.2) is 18.1 Å². The van der Waals surface area contributed by atoms with Crippen LogP contribution in [-0.4, -0.2) is 104 Å². The van der Waals surface area contributed by atoms with Crippen molar-refractivity contribution in [3.8, 4) is 0 Å². The van der Waals surface area contributed by atoms with E-state index in [4.69, 9.17) is 34.9 Å². The van der Waals surface area contributed by atoms with Crippen LogP contribution < -0.4 is 17.0 Å². The number of H-pyrrole nitrogens is 1. The molecule has 2 fully saturated rings. The Balaban J connectivity index is 1.26. The fraction of sp³-hybridized carbons (Fsp3) is 0.455. The van der Waals surface area contributed by atoms with Gasteiger partial charge in [-0.25, -0.2) is 9.97 Å². The number of aliphatic hydroxyl groups is 3. The summed E-state index contributed by atoms with van der Waals surface area (Å²) in [7, 11) is -8.40. The topological polar surface area (TPSA) is 306 Å². The van der Waals surface area contributed by atoms with Crippen molar-refractivity contribution < 1.29 is 52.8 Å². The molecule has 0 aromatic carbocycles. The lowest BCUT2D eigenvalue weighted by molar-refractivity contribution is -0.0492. The minimum Gasteiger partial charge on any atom is -0.389 e. The van der Waals surface area contributed by atoms with Crippen LogP contribution >= 0.6 is 15.9 Å². The molecule has 2 saturated heterocycles. The summed E-state index contributed by atoms with van der Waals surface area (Å²) in [5.74, 6) is -0.0761. The molecule has 4 aromatic heterocycles. The van der Waals surface area contributed by atoms with Crippen molar-refractivity contribution in [1.29, 1.82) is 0 Å². The van der Waals surface area contributed by atoms with Gasteiger partial charge in [0.1, 0.15) is 54.0 Å². The minimum absolute atomic E-state index is 0.0466. The average Bonchev–Trinajstić information content (AvgIpc) is 3.72. The van der Waals surface area contributed by atoms with Crippen molar-refractivity contribution in [2.75, 3.05) is 24.7 Å². The molecule has 0 radical (unpaired) electrons. The first-order chi connectivity index (χ1) is 20.9. The molecule has 0 spiro atoms. The zero-order valence-electron chi connectivity index (χ0n) is 22.4. The lowest BCUT2D eigenvalue weighted by Gasteiger charge is -2.27. The number of aromatic nitrogens is 6. The van der Waals surface area contributed by atoms with Crippen molar-refractivity contribution in [3.63, 3.8) is 0 Å². The number of nitrogens with two attached hydrogens (primary N) is 2. The zero-order chi connectivity index (χ0) is 31.5. The maximum absolute atomic E-state index is 13.7. The number of hydrogen-bond donors (Lipinski definition) is 8. The van der Waals surface area contributed by atoms with Crippen LogP contribution in [0.5, 0.6) is 0 Å². The van der Waals surface area contributed by atoms with E-state index in [1.54, 1.807) is 6.07 Å². The third-order valence-corrected chi connectivity index (χ3v) is 9.78. The summed E-state index contributed by atoms with van der Waals surface area (Å²) in [6.07, 6.45) is -6.23. The highest BCUT2D eigenvalue weighted by molar-refractivity contribution is 7.53. The van der Waals surface area contributed by atoms with Crippen molar-refractivity contribution in [2.24, 2.45) is 0 Å². The van der Waals surface area contributed by atoms with Gasteiger partial charge in [0, 0.05) is 12.4 Å². The summed E-state index contributed by atoms with van der Waals surface area (Å²) in [5, 5.41) is 33.0. The number of nitrogen functional groups attached to an aromatic ring is 2. The Morgan fingerprint density at radius 1 is 0.977 bits per heavy atom. The van der Waals surface area contributed by atoms with Gasteiger partial charge in [0.25, 0.3) is 5.56 Å². The van der Waals surface area contributed by atoms with E-state index < -0.39 is 83.3 Å². The second kappa shape index (κ2) is 11.6. The van der Waals surface area contributed by atoms with Crippen molar-refractivity contribution >= 4 is 49.7 Å². The summed E-state index contributed by atoms with van der Waals surface area (Å²) in [6, 6.07) is 2.94. The summed E-state index contributed by atoms with van der Waals surface area (Å²) < 4.78 is 49.2. The Morgan fingerprint density at radius 2 is 1.64 bits per heavy atom. The SMILES string of the molecule is Nc1nc2c(ccn2[C@@H]2O[C@H](CO[PH](=O)O)[C@@H](O)[C@H]2P(=O)(O)OC[C@H]2O[C@@H](n3ccc4c(N)ncnc43)[C@H](O)[C@@H]2O)c(=O)[nH]1. The number of fused-ring (bicyclic) bond motifs is 2. The molecule has 4 aromatic rings. The molecule has 10 atom stereocenters. The van der Waals surface area contributed by atoms with Gasteiger partial charge >= 0.3 is 15.9 Å². The van der Waals surface area contributed by atoms with Gasteiger partial charge in [-0.1, -0.05) is 0 Å². The molecule has 6 heterocycles. The number of aromatic amines is 1. The molecule has 0 saturated carbocycles. The maximum Gasteiger partial charge on any atom is 0.338 e. The highest BCUT2D eigenvalue weighted by Gasteiger charge is 2.56. The quantitative estimate of drug-likeness (QED) is 0.0918. The summed E-state index contributed by atoms with van der Waals surface area (Å²) >= 11 is 0.